The minimum Gasteiger partial charge on any atom is -0.310 e. The van der Waals surface area contributed by atoms with Gasteiger partial charge in [-0.15, -0.1) is 0 Å². The Kier molecular flexibility index (Phi) is 4.82. The van der Waals surface area contributed by atoms with Gasteiger partial charge in [-0.1, -0.05) is 24.3 Å². The fraction of sp³-hybridized carbons (Fsp3) is 0.458. The molecule has 2 saturated heterocycles. The molecule has 1 aromatic heterocycles. The summed E-state index contributed by atoms with van der Waals surface area (Å²) >= 11 is 0. The molecule has 0 saturated carbocycles. The van der Waals surface area contributed by atoms with E-state index >= 15 is 0 Å². The molecule has 6 heteroatoms. The number of urea groups is 1. The summed E-state index contributed by atoms with van der Waals surface area (Å²) < 4.78 is 0. The molecule has 0 radical (unpaired) electrons. The number of hydrogen-bond acceptors (Lipinski definition) is 4. The standard InChI is InChI=1S/C24H28N4O2/c1-2-27-23(30)28(21-15-19-5-3-4-6-20(19)16-21)22(29)24(27)9-13-26(14-10-24)17-18-7-11-25-12-8-18/h3-8,11-12,21H,2,9-10,13-17H2,1H3. The highest BCUT2D eigenvalue weighted by Crippen LogP contribution is 2.40. The third kappa shape index (κ3) is 3.01. The molecule has 1 aliphatic carbocycles. The van der Waals surface area contributed by atoms with Crippen molar-refractivity contribution < 1.29 is 9.59 Å². The largest absolute Gasteiger partial charge is 0.327 e. The number of pyridine rings is 1. The maximum Gasteiger partial charge on any atom is 0.327 e. The number of fused-ring (bicyclic) bond motifs is 1. The van der Waals surface area contributed by atoms with E-state index in [1.165, 1.54) is 16.7 Å². The zero-order valence-corrected chi connectivity index (χ0v) is 17.5. The molecule has 6 nitrogen and oxygen atoms in total. The van der Waals surface area contributed by atoms with Gasteiger partial charge in [-0.2, -0.15) is 0 Å². The van der Waals surface area contributed by atoms with Crippen molar-refractivity contribution in [2.45, 2.75) is 50.7 Å². The fourth-order valence-electron chi connectivity index (χ4n) is 5.53. The van der Waals surface area contributed by atoms with Gasteiger partial charge in [0.25, 0.3) is 5.91 Å². The van der Waals surface area contributed by atoms with Crippen molar-refractivity contribution >= 4 is 11.9 Å². The number of imide groups is 1. The van der Waals surface area contributed by atoms with E-state index in [-0.39, 0.29) is 18.0 Å². The Balaban J connectivity index is 1.33. The molecule has 156 valence electrons. The number of carbonyl (C=O) groups is 2. The summed E-state index contributed by atoms with van der Waals surface area (Å²) in [5.74, 6) is 0.0238. The average molecular weight is 405 g/mol. The Hall–Kier alpha value is -2.73. The Morgan fingerprint density at radius 2 is 1.63 bits per heavy atom. The van der Waals surface area contributed by atoms with E-state index in [1.54, 1.807) is 4.90 Å². The molecule has 3 heterocycles. The number of nitrogens with zero attached hydrogens (tertiary/aromatic N) is 4. The van der Waals surface area contributed by atoms with Crippen molar-refractivity contribution in [3.8, 4) is 0 Å². The molecular weight excluding hydrogens is 376 g/mol. The average Bonchev–Trinajstić information content (AvgIpc) is 3.27. The summed E-state index contributed by atoms with van der Waals surface area (Å²) in [7, 11) is 0. The van der Waals surface area contributed by atoms with Crippen molar-refractivity contribution in [2.75, 3.05) is 19.6 Å². The number of benzene rings is 1. The highest BCUT2D eigenvalue weighted by atomic mass is 16.2. The van der Waals surface area contributed by atoms with Gasteiger partial charge >= 0.3 is 6.03 Å². The number of piperidine rings is 1. The molecule has 2 aliphatic heterocycles. The van der Waals surface area contributed by atoms with Crippen LogP contribution in [0.3, 0.4) is 0 Å². The SMILES string of the molecule is CCN1C(=O)N(C2Cc3ccccc3C2)C(=O)C12CCN(Cc1ccncc1)CC2. The molecule has 3 aliphatic rings. The van der Waals surface area contributed by atoms with E-state index in [0.29, 0.717) is 19.4 Å². The maximum absolute atomic E-state index is 13.7. The van der Waals surface area contributed by atoms with Crippen LogP contribution in [0.15, 0.2) is 48.8 Å². The Morgan fingerprint density at radius 1 is 1.00 bits per heavy atom. The fourth-order valence-corrected chi connectivity index (χ4v) is 5.53. The summed E-state index contributed by atoms with van der Waals surface area (Å²) in [6.45, 7) is 5.05. The van der Waals surface area contributed by atoms with Gasteiger partial charge in [0.15, 0.2) is 0 Å². The second kappa shape index (κ2) is 7.51. The van der Waals surface area contributed by atoms with Gasteiger partial charge in [0, 0.05) is 44.6 Å². The van der Waals surface area contributed by atoms with Gasteiger partial charge in [0.05, 0.1) is 0 Å². The van der Waals surface area contributed by atoms with E-state index in [4.69, 9.17) is 0 Å². The molecule has 2 aromatic rings. The van der Waals surface area contributed by atoms with Gasteiger partial charge in [0.1, 0.15) is 5.54 Å². The predicted molar refractivity (Wildman–Crippen MR) is 114 cm³/mol. The summed E-state index contributed by atoms with van der Waals surface area (Å²) in [6.07, 6.45) is 6.58. The van der Waals surface area contributed by atoms with E-state index < -0.39 is 5.54 Å². The van der Waals surface area contributed by atoms with Crippen LogP contribution in [0.1, 0.15) is 36.5 Å². The Morgan fingerprint density at radius 3 is 2.23 bits per heavy atom. The molecule has 1 spiro atoms. The topological polar surface area (TPSA) is 56.8 Å². The van der Waals surface area contributed by atoms with Gasteiger partial charge in [-0.25, -0.2) is 4.79 Å². The molecule has 30 heavy (non-hydrogen) atoms. The Bertz CT molecular complexity index is 928. The van der Waals surface area contributed by atoms with Gasteiger partial charge in [0.2, 0.25) is 0 Å². The lowest BCUT2D eigenvalue weighted by Crippen LogP contribution is -2.56. The van der Waals surface area contributed by atoms with Crippen LogP contribution < -0.4 is 0 Å². The zero-order valence-electron chi connectivity index (χ0n) is 17.5. The van der Waals surface area contributed by atoms with E-state index in [0.717, 1.165) is 32.5 Å². The van der Waals surface area contributed by atoms with Crippen molar-refractivity contribution in [3.63, 3.8) is 0 Å². The van der Waals surface area contributed by atoms with Crippen molar-refractivity contribution in [1.29, 1.82) is 0 Å². The van der Waals surface area contributed by atoms with Crippen LogP contribution in [-0.4, -0.2) is 62.8 Å². The van der Waals surface area contributed by atoms with Crippen LogP contribution >= 0.6 is 0 Å². The maximum atomic E-state index is 13.7. The second-order valence-electron chi connectivity index (χ2n) is 8.70. The molecule has 0 unspecified atom stereocenters. The molecule has 3 amide bonds. The zero-order chi connectivity index (χ0) is 20.7. The molecule has 1 aromatic carbocycles. The number of likely N-dealkylation sites (tertiary alicyclic amines) is 1. The number of amides is 3. The van der Waals surface area contributed by atoms with Crippen molar-refractivity contribution in [3.05, 3.63) is 65.5 Å². The first kappa shape index (κ1) is 19.2. The van der Waals surface area contributed by atoms with Crippen LogP contribution in [0.4, 0.5) is 4.79 Å². The molecule has 5 rings (SSSR count). The first-order valence-electron chi connectivity index (χ1n) is 11.0. The number of aromatic nitrogens is 1. The molecule has 0 N–H and O–H groups in total. The lowest BCUT2D eigenvalue weighted by atomic mass is 9.85. The minimum atomic E-state index is -0.671. The normalized spacial score (nSPS) is 21.6. The Labute approximate surface area is 177 Å². The van der Waals surface area contributed by atoms with Gasteiger partial charge in [-0.3, -0.25) is 19.6 Å². The van der Waals surface area contributed by atoms with Crippen LogP contribution in [0.5, 0.6) is 0 Å². The number of likely N-dealkylation sites (N-methyl/N-ethyl adjacent to an activating group) is 1. The number of hydrogen-bond donors (Lipinski definition) is 0. The first-order chi connectivity index (χ1) is 14.6. The van der Waals surface area contributed by atoms with Crippen LogP contribution in [0, 0.1) is 0 Å². The lowest BCUT2D eigenvalue weighted by Gasteiger charge is -2.42. The van der Waals surface area contributed by atoms with Gasteiger partial charge < -0.3 is 4.90 Å². The van der Waals surface area contributed by atoms with Crippen LogP contribution in [-0.2, 0) is 24.2 Å². The highest BCUT2D eigenvalue weighted by molar-refractivity contribution is 6.07. The van der Waals surface area contributed by atoms with E-state index in [1.807, 2.05) is 48.5 Å². The van der Waals surface area contributed by atoms with E-state index in [2.05, 4.69) is 22.0 Å². The minimum absolute atomic E-state index is 0.0238. The van der Waals surface area contributed by atoms with Gasteiger partial charge in [-0.05, 0) is 61.4 Å². The highest BCUT2D eigenvalue weighted by Gasteiger charge is 2.59. The van der Waals surface area contributed by atoms with Crippen LogP contribution in [0.25, 0.3) is 0 Å². The second-order valence-corrected chi connectivity index (χ2v) is 8.70. The molecule has 0 atom stereocenters. The van der Waals surface area contributed by atoms with E-state index in [9.17, 15) is 9.59 Å². The third-order valence-corrected chi connectivity index (χ3v) is 7.12. The first-order valence-corrected chi connectivity index (χ1v) is 11.0. The molecule has 0 bridgehead atoms. The van der Waals surface area contributed by atoms with Crippen LogP contribution in [0.2, 0.25) is 0 Å². The summed E-state index contributed by atoms with van der Waals surface area (Å²) in [6, 6.07) is 12.2. The molecular formula is C24H28N4O2. The smallest absolute Gasteiger partial charge is 0.310 e. The molecule has 2 fully saturated rings. The predicted octanol–water partition coefficient (Wildman–Crippen LogP) is 2.87. The summed E-state index contributed by atoms with van der Waals surface area (Å²) in [5, 5.41) is 0. The van der Waals surface area contributed by atoms with Crippen molar-refractivity contribution in [1.82, 2.24) is 19.7 Å². The number of carbonyl (C=O) groups excluding carboxylic acids is 2. The number of rotatable bonds is 4. The summed E-state index contributed by atoms with van der Waals surface area (Å²) in [4.78, 5) is 37.0. The third-order valence-electron chi connectivity index (χ3n) is 7.12. The lowest BCUT2D eigenvalue weighted by molar-refractivity contribution is -0.137. The quantitative estimate of drug-likeness (QED) is 0.736. The van der Waals surface area contributed by atoms with Crippen molar-refractivity contribution in [2.24, 2.45) is 0 Å². The monoisotopic (exact) mass is 404 g/mol. The summed E-state index contributed by atoms with van der Waals surface area (Å²) in [5.41, 5.74) is 3.08.